The Kier molecular flexibility index (Phi) is 6.41. The fourth-order valence-electron chi connectivity index (χ4n) is 8.34. The monoisotopic (exact) mass is 424 g/mol. The molecule has 2 unspecified atom stereocenters. The molecule has 0 aromatic heterocycles. The van der Waals surface area contributed by atoms with Gasteiger partial charge in [-0.05, 0) is 90.8 Å². The van der Waals surface area contributed by atoms with Crippen molar-refractivity contribution in [2.24, 2.45) is 52.3 Å². The van der Waals surface area contributed by atoms with E-state index in [0.29, 0.717) is 28.6 Å². The lowest BCUT2D eigenvalue weighted by Crippen LogP contribution is -2.46. The van der Waals surface area contributed by atoms with Gasteiger partial charge in [-0.2, -0.15) is 0 Å². The van der Waals surface area contributed by atoms with Crippen LogP contribution in [0.25, 0.3) is 0 Å². The molecule has 174 valence electrons. The van der Waals surface area contributed by atoms with E-state index in [2.05, 4.69) is 72.8 Å². The molecule has 0 aliphatic heterocycles. The fourth-order valence-corrected chi connectivity index (χ4v) is 8.34. The van der Waals surface area contributed by atoms with Gasteiger partial charge >= 0.3 is 0 Å². The summed E-state index contributed by atoms with van der Waals surface area (Å²) >= 11 is 0. The smallest absolute Gasteiger partial charge is 0.0578 e. The molecular weight excluding hydrogens is 376 g/mol. The summed E-state index contributed by atoms with van der Waals surface area (Å²) < 4.78 is 0. The van der Waals surface area contributed by atoms with Crippen molar-refractivity contribution >= 4 is 0 Å². The van der Waals surface area contributed by atoms with Gasteiger partial charge in [0.2, 0.25) is 0 Å². The first-order valence-corrected chi connectivity index (χ1v) is 13.4. The number of aliphatic hydroxyl groups excluding tert-OH is 1. The van der Waals surface area contributed by atoms with Crippen molar-refractivity contribution in [2.45, 2.75) is 99.5 Å². The summed E-state index contributed by atoms with van der Waals surface area (Å²) in [4.78, 5) is 0. The summed E-state index contributed by atoms with van der Waals surface area (Å²) in [5, 5.41) is 10.3. The molecule has 9 atom stereocenters. The molecule has 0 radical (unpaired) electrons. The van der Waals surface area contributed by atoms with Crippen molar-refractivity contribution in [1.29, 1.82) is 0 Å². The third-order valence-corrected chi connectivity index (χ3v) is 10.7. The molecule has 4 aliphatic rings. The summed E-state index contributed by atoms with van der Waals surface area (Å²) in [6.07, 6.45) is 18.4. The Labute approximate surface area is 192 Å². The van der Waals surface area contributed by atoms with Gasteiger partial charge in [0.25, 0.3) is 0 Å². The summed E-state index contributed by atoms with van der Waals surface area (Å²) in [6.45, 7) is 17.2. The Balaban J connectivity index is 1.64. The fraction of sp³-hybridized carbons (Fsp3) is 0.800. The topological polar surface area (TPSA) is 20.2 Å². The molecule has 0 saturated heterocycles. The molecule has 3 saturated carbocycles. The van der Waals surface area contributed by atoms with Gasteiger partial charge in [-0.15, -0.1) is 0 Å². The van der Waals surface area contributed by atoms with Crippen LogP contribution >= 0.6 is 0 Å². The van der Waals surface area contributed by atoms with Gasteiger partial charge in [-0.25, -0.2) is 0 Å². The summed E-state index contributed by atoms with van der Waals surface area (Å²) in [7, 11) is 0. The van der Waals surface area contributed by atoms with E-state index in [9.17, 15) is 5.11 Å². The number of aliphatic hydroxyl groups is 1. The molecule has 0 spiro atoms. The highest BCUT2D eigenvalue weighted by Crippen LogP contribution is 2.67. The van der Waals surface area contributed by atoms with E-state index in [-0.39, 0.29) is 6.10 Å². The lowest BCUT2D eigenvalue weighted by molar-refractivity contribution is 0.0335. The average molecular weight is 425 g/mol. The number of hydrogen-bond donors (Lipinski definition) is 1. The maximum Gasteiger partial charge on any atom is 0.0578 e. The predicted octanol–water partition coefficient (Wildman–Crippen LogP) is 7.97. The van der Waals surface area contributed by atoms with Gasteiger partial charge in [0.15, 0.2) is 0 Å². The zero-order chi connectivity index (χ0) is 22.6. The molecule has 0 heterocycles. The Morgan fingerprint density at radius 1 is 1.03 bits per heavy atom. The first-order chi connectivity index (χ1) is 14.6. The SMILES string of the molecule is CCC1C[C@H]2C3=CC=C4C[C@@H](O)CC[C@]4(C)[C@H]3CC[C@]2(C)[C@H]1C(C)/C=C/[C@H](C)C(C)C. The van der Waals surface area contributed by atoms with Crippen LogP contribution in [-0.2, 0) is 0 Å². The van der Waals surface area contributed by atoms with E-state index in [1.54, 1.807) is 5.57 Å². The van der Waals surface area contributed by atoms with Crippen LogP contribution in [0, 0.1) is 52.3 Å². The Morgan fingerprint density at radius 3 is 2.45 bits per heavy atom. The van der Waals surface area contributed by atoms with E-state index in [1.807, 2.05) is 0 Å². The average Bonchev–Trinajstić information content (AvgIpc) is 3.04. The zero-order valence-electron chi connectivity index (χ0n) is 21.3. The first-order valence-electron chi connectivity index (χ1n) is 13.4. The maximum atomic E-state index is 10.3. The lowest BCUT2D eigenvalue weighted by atomic mass is 9.50. The molecule has 0 bridgehead atoms. The van der Waals surface area contributed by atoms with Crippen molar-refractivity contribution in [3.05, 3.63) is 35.5 Å². The lowest BCUT2D eigenvalue weighted by Gasteiger charge is -2.55. The maximum absolute atomic E-state index is 10.3. The zero-order valence-corrected chi connectivity index (χ0v) is 21.3. The quantitative estimate of drug-likeness (QED) is 0.444. The number of rotatable bonds is 5. The van der Waals surface area contributed by atoms with Crippen LogP contribution in [0.4, 0.5) is 0 Å². The van der Waals surface area contributed by atoms with Crippen molar-refractivity contribution in [3.63, 3.8) is 0 Å². The van der Waals surface area contributed by atoms with Gasteiger partial charge < -0.3 is 5.11 Å². The summed E-state index contributed by atoms with van der Waals surface area (Å²) in [5.41, 5.74) is 4.04. The molecule has 4 rings (SSSR count). The largest absolute Gasteiger partial charge is 0.393 e. The molecule has 31 heavy (non-hydrogen) atoms. The van der Waals surface area contributed by atoms with Crippen LogP contribution in [0.1, 0.15) is 93.4 Å². The molecule has 1 nitrogen and oxygen atoms in total. The highest BCUT2D eigenvalue weighted by molar-refractivity contribution is 5.39. The molecule has 1 heteroatoms. The third-order valence-electron chi connectivity index (χ3n) is 10.7. The normalized spacial score (nSPS) is 44.4. The van der Waals surface area contributed by atoms with Crippen LogP contribution in [0.15, 0.2) is 35.5 Å². The highest BCUT2D eigenvalue weighted by Gasteiger charge is 2.59. The molecule has 3 fully saturated rings. The van der Waals surface area contributed by atoms with Crippen molar-refractivity contribution < 1.29 is 5.11 Å². The summed E-state index contributed by atoms with van der Waals surface area (Å²) in [6, 6.07) is 0. The molecule has 1 N–H and O–H groups in total. The van der Waals surface area contributed by atoms with E-state index in [0.717, 1.165) is 42.9 Å². The van der Waals surface area contributed by atoms with E-state index in [1.165, 1.54) is 31.3 Å². The second-order valence-corrected chi connectivity index (χ2v) is 12.6. The van der Waals surface area contributed by atoms with Crippen LogP contribution in [0.3, 0.4) is 0 Å². The van der Waals surface area contributed by atoms with Gasteiger partial charge in [0, 0.05) is 0 Å². The first kappa shape index (κ1) is 23.3. The third kappa shape index (κ3) is 3.81. The van der Waals surface area contributed by atoms with E-state index in [4.69, 9.17) is 0 Å². The molecule has 0 aromatic carbocycles. The summed E-state index contributed by atoms with van der Waals surface area (Å²) in [5.74, 6) is 5.14. The molecule has 0 aromatic rings. The number of allylic oxidation sites excluding steroid dienone is 5. The van der Waals surface area contributed by atoms with Crippen LogP contribution in [0.5, 0.6) is 0 Å². The van der Waals surface area contributed by atoms with E-state index < -0.39 is 0 Å². The minimum absolute atomic E-state index is 0.121. The van der Waals surface area contributed by atoms with Gasteiger partial charge in [-0.1, -0.05) is 90.3 Å². The van der Waals surface area contributed by atoms with Crippen LogP contribution in [0.2, 0.25) is 0 Å². The standard InChI is InChI=1S/C30H48O/c1-8-22-17-27-25-12-11-23-18-24(31)13-15-29(23,6)26(25)14-16-30(27,7)28(22)21(5)10-9-20(4)19(2)3/h9-12,19-22,24,26-28,31H,8,13-18H2,1-7H3/b10-9+/t20-,21?,22?,24-,26-,27-,28-,29-,30-/m0/s1. The van der Waals surface area contributed by atoms with Crippen LogP contribution < -0.4 is 0 Å². The molecule has 0 amide bonds. The number of hydrogen-bond acceptors (Lipinski definition) is 1. The van der Waals surface area contributed by atoms with Crippen molar-refractivity contribution in [3.8, 4) is 0 Å². The predicted molar refractivity (Wildman–Crippen MR) is 133 cm³/mol. The van der Waals surface area contributed by atoms with Crippen molar-refractivity contribution in [2.75, 3.05) is 0 Å². The molecule has 4 aliphatic carbocycles. The second-order valence-electron chi connectivity index (χ2n) is 12.6. The Hall–Kier alpha value is -0.820. The Bertz CT molecular complexity index is 756. The second kappa shape index (κ2) is 8.51. The van der Waals surface area contributed by atoms with Gasteiger partial charge in [-0.3, -0.25) is 0 Å². The minimum Gasteiger partial charge on any atom is -0.393 e. The molecular formula is C30H48O. The Morgan fingerprint density at radius 2 is 1.77 bits per heavy atom. The number of fused-ring (bicyclic) bond motifs is 5. The van der Waals surface area contributed by atoms with Crippen molar-refractivity contribution in [1.82, 2.24) is 0 Å². The van der Waals surface area contributed by atoms with E-state index >= 15 is 0 Å². The van der Waals surface area contributed by atoms with Gasteiger partial charge in [0.05, 0.1) is 6.10 Å². The van der Waals surface area contributed by atoms with Gasteiger partial charge in [0.1, 0.15) is 0 Å². The minimum atomic E-state index is -0.121. The highest BCUT2D eigenvalue weighted by atomic mass is 16.3. The van der Waals surface area contributed by atoms with Crippen LogP contribution in [-0.4, -0.2) is 11.2 Å².